The zero-order valence-corrected chi connectivity index (χ0v) is 15.9. The number of anilines is 2. The lowest BCUT2D eigenvalue weighted by atomic mass is 10.1. The minimum absolute atomic E-state index is 0.222. The molecule has 2 N–H and O–H groups in total. The molecule has 0 saturated carbocycles. The van der Waals surface area contributed by atoms with Crippen LogP contribution in [0.25, 0.3) is 11.3 Å². The average molecular weight is 376 g/mol. The van der Waals surface area contributed by atoms with Crippen LogP contribution in [0, 0.1) is 0 Å². The van der Waals surface area contributed by atoms with Crippen LogP contribution < -0.4 is 20.1 Å². The highest BCUT2D eigenvalue weighted by Gasteiger charge is 2.14. The number of nitrogens with one attached hydrogen (secondary N) is 2. The Morgan fingerprint density at radius 2 is 2.00 bits per heavy atom. The fourth-order valence-corrected chi connectivity index (χ4v) is 3.34. The highest BCUT2D eigenvalue weighted by Crippen LogP contribution is 2.29. The molecular weight excluding hydrogens is 352 g/mol. The summed E-state index contributed by atoms with van der Waals surface area (Å²) in [6.45, 7) is 1.97. The summed E-state index contributed by atoms with van der Waals surface area (Å²) in [7, 11) is 1.66. The van der Waals surface area contributed by atoms with E-state index in [4.69, 9.17) is 9.47 Å². The average Bonchev–Trinajstić information content (AvgIpc) is 2.75. The molecule has 6 nitrogen and oxygen atoms in total. The van der Waals surface area contributed by atoms with Gasteiger partial charge in [0.05, 0.1) is 12.8 Å². The predicted molar refractivity (Wildman–Crippen MR) is 110 cm³/mol. The minimum Gasteiger partial charge on any atom is -0.496 e. The fraction of sp³-hybridized carbons (Fsp3) is 0.273. The van der Waals surface area contributed by atoms with Gasteiger partial charge in [0.25, 0.3) is 0 Å². The van der Waals surface area contributed by atoms with E-state index in [1.807, 2.05) is 54.6 Å². The Kier molecular flexibility index (Phi) is 5.68. The number of hydrogen-bond donors (Lipinski definition) is 2. The first-order valence-electron chi connectivity index (χ1n) is 9.52. The van der Waals surface area contributed by atoms with Crippen LogP contribution in [0.4, 0.5) is 11.5 Å². The van der Waals surface area contributed by atoms with Gasteiger partial charge in [-0.05, 0) is 43.7 Å². The van der Waals surface area contributed by atoms with Gasteiger partial charge in [-0.3, -0.25) is 0 Å². The summed E-state index contributed by atoms with van der Waals surface area (Å²) in [5.74, 6) is 2.36. The molecule has 0 bridgehead atoms. The molecule has 1 aliphatic heterocycles. The summed E-state index contributed by atoms with van der Waals surface area (Å²) in [4.78, 5) is 8.74. The molecule has 1 unspecified atom stereocenters. The summed E-state index contributed by atoms with van der Waals surface area (Å²) in [6, 6.07) is 17.7. The number of piperidine rings is 1. The van der Waals surface area contributed by atoms with Crippen LogP contribution in [-0.4, -0.2) is 36.3 Å². The third kappa shape index (κ3) is 4.40. The van der Waals surface area contributed by atoms with Gasteiger partial charge in [0.1, 0.15) is 29.7 Å². The molecule has 1 fully saturated rings. The number of aromatic nitrogens is 2. The molecule has 1 aromatic heterocycles. The zero-order chi connectivity index (χ0) is 19.2. The molecule has 0 radical (unpaired) electrons. The van der Waals surface area contributed by atoms with Crippen molar-refractivity contribution < 1.29 is 9.47 Å². The number of rotatable bonds is 6. The summed E-state index contributed by atoms with van der Waals surface area (Å²) < 4.78 is 11.5. The van der Waals surface area contributed by atoms with Gasteiger partial charge >= 0.3 is 0 Å². The van der Waals surface area contributed by atoms with E-state index in [0.717, 1.165) is 54.4 Å². The van der Waals surface area contributed by atoms with Crippen LogP contribution >= 0.6 is 0 Å². The van der Waals surface area contributed by atoms with Crippen molar-refractivity contribution in [3.05, 3.63) is 60.9 Å². The normalized spacial score (nSPS) is 16.4. The Morgan fingerprint density at radius 3 is 2.86 bits per heavy atom. The van der Waals surface area contributed by atoms with Crippen LogP contribution in [0.5, 0.6) is 11.5 Å². The Balaban J connectivity index is 1.51. The summed E-state index contributed by atoms with van der Waals surface area (Å²) in [6.07, 6.45) is 4.01. The van der Waals surface area contributed by atoms with Crippen molar-refractivity contribution in [2.24, 2.45) is 0 Å². The molecule has 144 valence electrons. The van der Waals surface area contributed by atoms with E-state index in [9.17, 15) is 0 Å². The molecule has 0 spiro atoms. The molecular formula is C22H24N4O2. The van der Waals surface area contributed by atoms with E-state index < -0.39 is 0 Å². The van der Waals surface area contributed by atoms with Crippen LogP contribution in [0.1, 0.15) is 12.8 Å². The maximum absolute atomic E-state index is 6.11. The molecule has 4 rings (SSSR count). The first-order valence-corrected chi connectivity index (χ1v) is 9.52. The molecule has 2 aromatic carbocycles. The molecule has 3 aromatic rings. The number of para-hydroxylation sites is 1. The van der Waals surface area contributed by atoms with Crippen LogP contribution in [0.3, 0.4) is 0 Å². The molecule has 1 aliphatic rings. The van der Waals surface area contributed by atoms with Crippen LogP contribution in [0.15, 0.2) is 60.9 Å². The SMILES string of the molecule is COc1ccccc1-c1cc(Nc2cccc(OC3CCCNC3)c2)ncn1. The number of methoxy groups -OCH3 is 1. The van der Waals surface area contributed by atoms with Crippen molar-refractivity contribution in [3.8, 4) is 22.8 Å². The summed E-state index contributed by atoms with van der Waals surface area (Å²) in [5, 5.41) is 6.71. The van der Waals surface area contributed by atoms with Gasteiger partial charge in [-0.25, -0.2) is 9.97 Å². The number of nitrogens with zero attached hydrogens (tertiary/aromatic N) is 2. The van der Waals surface area contributed by atoms with Gasteiger partial charge < -0.3 is 20.1 Å². The van der Waals surface area contributed by atoms with Gasteiger partial charge in [-0.1, -0.05) is 18.2 Å². The van der Waals surface area contributed by atoms with Crippen molar-refractivity contribution in [1.29, 1.82) is 0 Å². The fourth-order valence-electron chi connectivity index (χ4n) is 3.34. The first-order chi connectivity index (χ1) is 13.8. The maximum atomic E-state index is 6.11. The Bertz CT molecular complexity index is 926. The Labute approximate surface area is 164 Å². The van der Waals surface area contributed by atoms with E-state index in [1.54, 1.807) is 13.4 Å². The molecule has 28 heavy (non-hydrogen) atoms. The summed E-state index contributed by atoms with van der Waals surface area (Å²) in [5.41, 5.74) is 2.65. The third-order valence-corrected chi connectivity index (χ3v) is 4.71. The van der Waals surface area contributed by atoms with Crippen LogP contribution in [-0.2, 0) is 0 Å². The first kappa shape index (κ1) is 18.3. The van der Waals surface area contributed by atoms with E-state index in [2.05, 4.69) is 20.6 Å². The number of hydrogen-bond acceptors (Lipinski definition) is 6. The van der Waals surface area contributed by atoms with Crippen molar-refractivity contribution in [2.75, 3.05) is 25.5 Å². The van der Waals surface area contributed by atoms with Crippen molar-refractivity contribution in [2.45, 2.75) is 18.9 Å². The largest absolute Gasteiger partial charge is 0.496 e. The lowest BCUT2D eigenvalue weighted by Gasteiger charge is -2.24. The van der Waals surface area contributed by atoms with Gasteiger partial charge in [0, 0.05) is 29.9 Å². The number of ether oxygens (including phenoxy) is 2. The molecule has 1 saturated heterocycles. The van der Waals surface area contributed by atoms with Gasteiger partial charge in [0.2, 0.25) is 0 Å². The summed E-state index contributed by atoms with van der Waals surface area (Å²) >= 11 is 0. The van der Waals surface area contributed by atoms with E-state index in [0.29, 0.717) is 5.82 Å². The van der Waals surface area contributed by atoms with Crippen molar-refractivity contribution in [3.63, 3.8) is 0 Å². The molecule has 2 heterocycles. The molecule has 0 amide bonds. The zero-order valence-electron chi connectivity index (χ0n) is 15.9. The second-order valence-electron chi connectivity index (χ2n) is 6.73. The van der Waals surface area contributed by atoms with E-state index in [-0.39, 0.29) is 6.10 Å². The predicted octanol–water partition coefficient (Wildman–Crippen LogP) is 4.03. The monoisotopic (exact) mass is 376 g/mol. The smallest absolute Gasteiger partial charge is 0.134 e. The van der Waals surface area contributed by atoms with Crippen molar-refractivity contribution >= 4 is 11.5 Å². The Hall–Kier alpha value is -3.12. The molecule has 0 aliphatic carbocycles. The lowest BCUT2D eigenvalue weighted by Crippen LogP contribution is -2.37. The standard InChI is InChI=1S/C22H24N4O2/c1-27-21-10-3-2-9-19(21)20-13-22(25-15-24-20)26-16-6-4-7-17(12-16)28-18-8-5-11-23-14-18/h2-4,6-7,9-10,12-13,15,18,23H,5,8,11,14H2,1H3,(H,24,25,26). The van der Waals surface area contributed by atoms with Gasteiger partial charge in [0.15, 0.2) is 0 Å². The van der Waals surface area contributed by atoms with Crippen LogP contribution in [0.2, 0.25) is 0 Å². The van der Waals surface area contributed by atoms with Crippen molar-refractivity contribution in [1.82, 2.24) is 15.3 Å². The second kappa shape index (κ2) is 8.71. The minimum atomic E-state index is 0.222. The quantitative estimate of drug-likeness (QED) is 0.677. The Morgan fingerprint density at radius 1 is 1.07 bits per heavy atom. The van der Waals surface area contributed by atoms with Gasteiger partial charge in [-0.2, -0.15) is 0 Å². The van der Waals surface area contributed by atoms with E-state index >= 15 is 0 Å². The maximum Gasteiger partial charge on any atom is 0.134 e. The number of benzene rings is 2. The van der Waals surface area contributed by atoms with E-state index in [1.165, 1.54) is 0 Å². The third-order valence-electron chi connectivity index (χ3n) is 4.71. The topological polar surface area (TPSA) is 68.3 Å². The molecule has 6 heteroatoms. The van der Waals surface area contributed by atoms with Gasteiger partial charge in [-0.15, -0.1) is 0 Å². The highest BCUT2D eigenvalue weighted by atomic mass is 16.5. The molecule has 1 atom stereocenters. The highest BCUT2D eigenvalue weighted by molar-refractivity contribution is 5.70. The second-order valence-corrected chi connectivity index (χ2v) is 6.73. The lowest BCUT2D eigenvalue weighted by molar-refractivity contribution is 0.167.